The van der Waals surface area contributed by atoms with Crippen LogP contribution in [-0.4, -0.2) is 16.1 Å². The molecule has 0 amide bonds. The molecule has 1 rings (SSSR count). The molecule has 1 aromatic rings. The smallest absolute Gasteiger partial charge is 0.0960 e. The number of halogens is 2. The van der Waals surface area contributed by atoms with Crippen LogP contribution in [0.15, 0.2) is 27.8 Å². The molecule has 0 aliphatic carbocycles. The van der Waals surface area contributed by atoms with E-state index in [2.05, 4.69) is 49.8 Å². The Labute approximate surface area is 113 Å². The highest BCUT2D eigenvalue weighted by Gasteiger charge is 2.07. The van der Waals surface area contributed by atoms with Crippen molar-refractivity contribution < 1.29 is 0 Å². The van der Waals surface area contributed by atoms with Crippen molar-refractivity contribution in [2.24, 2.45) is 5.92 Å². The van der Waals surface area contributed by atoms with Crippen LogP contribution in [0.5, 0.6) is 0 Å². The average molecular weight is 353 g/mol. The summed E-state index contributed by atoms with van der Waals surface area (Å²) in [5.74, 6) is 1.90. The van der Waals surface area contributed by atoms with Gasteiger partial charge in [0.25, 0.3) is 0 Å². The summed E-state index contributed by atoms with van der Waals surface area (Å²) in [5.41, 5.74) is 0. The monoisotopic (exact) mass is 351 g/mol. The molecule has 0 bridgehead atoms. The molecule has 0 fully saturated rings. The van der Waals surface area contributed by atoms with E-state index in [1.54, 1.807) is 0 Å². The third-order valence-electron chi connectivity index (χ3n) is 2.08. The number of nitrogens with zero attached hydrogens (tertiary/aromatic N) is 1. The van der Waals surface area contributed by atoms with Crippen molar-refractivity contribution in [3.63, 3.8) is 0 Å². The molecule has 0 saturated carbocycles. The minimum absolute atomic E-state index is 0.755. The molecular weight excluding hydrogens is 338 g/mol. The maximum absolute atomic E-state index is 4.35. The first kappa shape index (κ1) is 13.5. The summed E-state index contributed by atoms with van der Waals surface area (Å²) < 4.78 is 1.04. The van der Waals surface area contributed by atoms with Gasteiger partial charge < -0.3 is 0 Å². The van der Waals surface area contributed by atoms with Crippen molar-refractivity contribution in [3.05, 3.63) is 22.8 Å². The van der Waals surface area contributed by atoms with Gasteiger partial charge in [0.15, 0.2) is 0 Å². The Hall–Kier alpha value is 0.460. The fourth-order valence-corrected chi connectivity index (χ4v) is 3.34. The Morgan fingerprint density at radius 2 is 2.27 bits per heavy atom. The Balaban J connectivity index is 2.38. The summed E-state index contributed by atoms with van der Waals surface area (Å²) in [6.07, 6.45) is 4.39. The number of alkyl halides is 1. The zero-order valence-electron chi connectivity index (χ0n) is 8.75. The third-order valence-corrected chi connectivity index (χ3v) is 4.64. The van der Waals surface area contributed by atoms with Crippen LogP contribution in [0.2, 0.25) is 0 Å². The van der Waals surface area contributed by atoms with E-state index in [1.165, 1.54) is 12.8 Å². The lowest BCUT2D eigenvalue weighted by Crippen LogP contribution is -2.04. The van der Waals surface area contributed by atoms with Gasteiger partial charge in [-0.25, -0.2) is 4.98 Å². The SMILES string of the molecule is CCCC(CBr)CSc1ccc(Br)cn1. The molecular formula is C11H15Br2NS. The van der Waals surface area contributed by atoms with E-state index in [1.807, 2.05) is 24.0 Å². The Bertz CT molecular complexity index is 276. The van der Waals surface area contributed by atoms with Gasteiger partial charge >= 0.3 is 0 Å². The summed E-state index contributed by atoms with van der Waals surface area (Å²) in [7, 11) is 0. The minimum Gasteiger partial charge on any atom is -0.249 e. The quantitative estimate of drug-likeness (QED) is 0.541. The molecule has 4 heteroatoms. The van der Waals surface area contributed by atoms with Crippen LogP contribution in [0, 0.1) is 5.92 Å². The van der Waals surface area contributed by atoms with E-state index < -0.39 is 0 Å². The summed E-state index contributed by atoms with van der Waals surface area (Å²) in [4.78, 5) is 4.35. The van der Waals surface area contributed by atoms with Gasteiger partial charge in [0.05, 0.1) is 5.03 Å². The first-order chi connectivity index (χ1) is 7.26. The van der Waals surface area contributed by atoms with Crippen molar-refractivity contribution in [2.45, 2.75) is 24.8 Å². The molecule has 0 N–H and O–H groups in total. The van der Waals surface area contributed by atoms with Gasteiger partial charge in [-0.3, -0.25) is 0 Å². The summed E-state index contributed by atoms with van der Waals surface area (Å²) >= 11 is 8.79. The summed E-state index contributed by atoms with van der Waals surface area (Å²) in [6, 6.07) is 4.10. The largest absolute Gasteiger partial charge is 0.249 e. The molecule has 0 aliphatic rings. The fourth-order valence-electron chi connectivity index (χ4n) is 1.26. The Morgan fingerprint density at radius 1 is 1.47 bits per heavy atom. The van der Waals surface area contributed by atoms with E-state index in [4.69, 9.17) is 0 Å². The highest BCUT2D eigenvalue weighted by atomic mass is 79.9. The van der Waals surface area contributed by atoms with E-state index in [0.29, 0.717) is 0 Å². The number of hydrogen-bond donors (Lipinski definition) is 0. The van der Waals surface area contributed by atoms with Gasteiger partial charge in [-0.1, -0.05) is 29.3 Å². The van der Waals surface area contributed by atoms with Gasteiger partial charge in [-0.2, -0.15) is 0 Å². The molecule has 0 spiro atoms. The lowest BCUT2D eigenvalue weighted by atomic mass is 10.1. The molecule has 1 heterocycles. The molecule has 0 radical (unpaired) electrons. The molecule has 0 aliphatic heterocycles. The second kappa shape index (κ2) is 7.69. The molecule has 0 aromatic carbocycles. The van der Waals surface area contributed by atoms with Crippen molar-refractivity contribution in [3.8, 4) is 0 Å². The number of thioether (sulfide) groups is 1. The van der Waals surface area contributed by atoms with Gasteiger partial charge in [0.1, 0.15) is 0 Å². The van der Waals surface area contributed by atoms with Crippen LogP contribution < -0.4 is 0 Å². The van der Waals surface area contributed by atoms with Crippen LogP contribution >= 0.6 is 43.6 Å². The van der Waals surface area contributed by atoms with Crippen LogP contribution in [-0.2, 0) is 0 Å². The van der Waals surface area contributed by atoms with Gasteiger partial charge in [0.2, 0.25) is 0 Å². The number of rotatable bonds is 6. The maximum atomic E-state index is 4.35. The lowest BCUT2D eigenvalue weighted by molar-refractivity contribution is 0.597. The first-order valence-electron chi connectivity index (χ1n) is 5.06. The Morgan fingerprint density at radius 3 is 2.80 bits per heavy atom. The first-order valence-corrected chi connectivity index (χ1v) is 7.96. The summed E-state index contributed by atoms with van der Waals surface area (Å²) in [6.45, 7) is 2.23. The molecule has 1 nitrogen and oxygen atoms in total. The van der Waals surface area contributed by atoms with Crippen LogP contribution in [0.3, 0.4) is 0 Å². The molecule has 1 unspecified atom stereocenters. The predicted molar refractivity (Wildman–Crippen MR) is 74.9 cm³/mol. The van der Waals surface area contributed by atoms with E-state index in [-0.39, 0.29) is 0 Å². The normalized spacial score (nSPS) is 12.7. The van der Waals surface area contributed by atoms with Crippen LogP contribution in [0.4, 0.5) is 0 Å². The standard InChI is InChI=1S/C11H15Br2NS/c1-2-3-9(6-12)8-15-11-5-4-10(13)7-14-11/h4-5,7,9H,2-3,6,8H2,1H3. The highest BCUT2D eigenvalue weighted by molar-refractivity contribution is 9.10. The van der Waals surface area contributed by atoms with Crippen molar-refractivity contribution in [1.29, 1.82) is 0 Å². The molecule has 1 aromatic heterocycles. The maximum Gasteiger partial charge on any atom is 0.0960 e. The van der Waals surface area contributed by atoms with E-state index in [9.17, 15) is 0 Å². The summed E-state index contributed by atoms with van der Waals surface area (Å²) in [5, 5.41) is 2.20. The van der Waals surface area contributed by atoms with Gasteiger partial charge in [-0.15, -0.1) is 11.8 Å². The highest BCUT2D eigenvalue weighted by Crippen LogP contribution is 2.23. The zero-order chi connectivity index (χ0) is 11.1. The molecule has 84 valence electrons. The van der Waals surface area contributed by atoms with Gasteiger partial charge in [-0.05, 0) is 40.4 Å². The average Bonchev–Trinajstić information content (AvgIpc) is 2.26. The second-order valence-corrected chi connectivity index (χ2v) is 6.04. The van der Waals surface area contributed by atoms with Crippen LogP contribution in [0.25, 0.3) is 0 Å². The molecule has 15 heavy (non-hydrogen) atoms. The van der Waals surface area contributed by atoms with E-state index in [0.717, 1.165) is 26.5 Å². The van der Waals surface area contributed by atoms with Crippen molar-refractivity contribution >= 4 is 43.6 Å². The zero-order valence-corrected chi connectivity index (χ0v) is 12.7. The number of aromatic nitrogens is 1. The lowest BCUT2D eigenvalue weighted by Gasteiger charge is -2.11. The topological polar surface area (TPSA) is 12.9 Å². The molecule has 0 saturated heterocycles. The third kappa shape index (κ3) is 5.36. The fraction of sp³-hybridized carbons (Fsp3) is 0.545. The van der Waals surface area contributed by atoms with Gasteiger partial charge in [0, 0.05) is 21.8 Å². The number of pyridine rings is 1. The second-order valence-electron chi connectivity index (χ2n) is 3.43. The predicted octanol–water partition coefficient (Wildman–Crippen LogP) is 4.75. The Kier molecular flexibility index (Phi) is 6.93. The van der Waals surface area contributed by atoms with Crippen molar-refractivity contribution in [1.82, 2.24) is 4.98 Å². The minimum atomic E-state index is 0.755. The van der Waals surface area contributed by atoms with E-state index >= 15 is 0 Å². The van der Waals surface area contributed by atoms with Crippen molar-refractivity contribution in [2.75, 3.05) is 11.1 Å². The molecule has 1 atom stereocenters. The van der Waals surface area contributed by atoms with Crippen LogP contribution in [0.1, 0.15) is 19.8 Å². The number of hydrogen-bond acceptors (Lipinski definition) is 2.